The average molecular weight is 248 g/mol. The van der Waals surface area contributed by atoms with E-state index in [4.69, 9.17) is 0 Å². The molecule has 5 nitrogen and oxygen atoms in total. The van der Waals surface area contributed by atoms with Crippen LogP contribution in [0, 0.1) is 20.8 Å². The number of nitrogens with zero attached hydrogens (tertiary/aromatic N) is 3. The average Bonchev–Trinajstić information content (AvgIpc) is 2.58. The summed E-state index contributed by atoms with van der Waals surface area (Å²) in [4.78, 5) is 24.8. The SMILES string of the molecule is Cc1cc(NC(=O)c2sc(C)nc2C)ncn1. The van der Waals surface area contributed by atoms with Crippen LogP contribution in [0.3, 0.4) is 0 Å². The van der Waals surface area contributed by atoms with Crippen molar-refractivity contribution >= 4 is 23.1 Å². The van der Waals surface area contributed by atoms with E-state index in [-0.39, 0.29) is 5.91 Å². The van der Waals surface area contributed by atoms with E-state index in [1.165, 1.54) is 17.7 Å². The molecule has 6 heteroatoms. The Morgan fingerprint density at radius 2 is 2.06 bits per heavy atom. The monoisotopic (exact) mass is 248 g/mol. The minimum Gasteiger partial charge on any atom is -0.306 e. The standard InChI is InChI=1S/C11H12N4OS/c1-6-4-9(13-5-12-6)15-11(16)10-7(2)14-8(3)17-10/h4-5H,1-3H3,(H,12,13,15,16). The van der Waals surface area contributed by atoms with Gasteiger partial charge in [-0.3, -0.25) is 4.79 Å². The second-order valence-electron chi connectivity index (χ2n) is 3.65. The van der Waals surface area contributed by atoms with Gasteiger partial charge in [0, 0.05) is 11.8 Å². The smallest absolute Gasteiger partial charge is 0.268 e. The maximum absolute atomic E-state index is 12.0. The number of hydrogen-bond acceptors (Lipinski definition) is 5. The van der Waals surface area contributed by atoms with Crippen LogP contribution in [-0.4, -0.2) is 20.9 Å². The van der Waals surface area contributed by atoms with E-state index in [1.807, 2.05) is 20.8 Å². The zero-order valence-corrected chi connectivity index (χ0v) is 10.6. The van der Waals surface area contributed by atoms with E-state index in [0.29, 0.717) is 10.7 Å². The third-order valence-electron chi connectivity index (χ3n) is 2.16. The first-order valence-corrected chi connectivity index (χ1v) is 5.92. The topological polar surface area (TPSA) is 67.8 Å². The number of aromatic nitrogens is 3. The van der Waals surface area contributed by atoms with Gasteiger partial charge in [-0.2, -0.15) is 0 Å². The third kappa shape index (κ3) is 2.65. The lowest BCUT2D eigenvalue weighted by atomic mass is 10.3. The number of rotatable bonds is 2. The summed E-state index contributed by atoms with van der Waals surface area (Å²) in [6.07, 6.45) is 1.43. The van der Waals surface area contributed by atoms with Gasteiger partial charge in [0.25, 0.3) is 5.91 Å². The Morgan fingerprint density at radius 1 is 1.29 bits per heavy atom. The lowest BCUT2D eigenvalue weighted by molar-refractivity contribution is 0.102. The van der Waals surface area contributed by atoms with E-state index < -0.39 is 0 Å². The number of nitrogens with one attached hydrogen (secondary N) is 1. The van der Waals surface area contributed by atoms with Gasteiger partial charge < -0.3 is 5.32 Å². The fourth-order valence-corrected chi connectivity index (χ4v) is 2.25. The minimum absolute atomic E-state index is 0.175. The second kappa shape index (κ2) is 4.58. The Morgan fingerprint density at radius 3 is 2.65 bits per heavy atom. The quantitative estimate of drug-likeness (QED) is 0.883. The molecule has 2 aromatic heterocycles. The molecule has 0 aliphatic rings. The summed E-state index contributed by atoms with van der Waals surface area (Å²) < 4.78 is 0. The Hall–Kier alpha value is -1.82. The van der Waals surface area contributed by atoms with Crippen molar-refractivity contribution in [3.05, 3.63) is 33.7 Å². The van der Waals surface area contributed by atoms with Crippen LogP contribution in [0.4, 0.5) is 5.82 Å². The highest BCUT2D eigenvalue weighted by molar-refractivity contribution is 7.13. The summed E-state index contributed by atoms with van der Waals surface area (Å²) in [5.74, 6) is 0.333. The number of thiazole rings is 1. The molecule has 1 N–H and O–H groups in total. The van der Waals surface area contributed by atoms with Crippen LogP contribution in [0.25, 0.3) is 0 Å². The maximum atomic E-state index is 12.0. The number of amides is 1. The van der Waals surface area contributed by atoms with E-state index in [2.05, 4.69) is 20.3 Å². The van der Waals surface area contributed by atoms with Crippen molar-refractivity contribution in [3.8, 4) is 0 Å². The predicted molar refractivity (Wildman–Crippen MR) is 66.3 cm³/mol. The van der Waals surface area contributed by atoms with Gasteiger partial charge in [-0.15, -0.1) is 11.3 Å². The molecule has 0 unspecified atom stereocenters. The molecule has 0 fully saturated rings. The lowest BCUT2D eigenvalue weighted by Gasteiger charge is -2.02. The highest BCUT2D eigenvalue weighted by atomic mass is 32.1. The minimum atomic E-state index is -0.175. The molecule has 0 saturated heterocycles. The second-order valence-corrected chi connectivity index (χ2v) is 4.85. The largest absolute Gasteiger partial charge is 0.306 e. The van der Waals surface area contributed by atoms with Gasteiger partial charge in [0.05, 0.1) is 10.7 Å². The molecule has 0 spiro atoms. The van der Waals surface area contributed by atoms with Crippen LogP contribution in [0.5, 0.6) is 0 Å². The fraction of sp³-hybridized carbons (Fsp3) is 0.273. The van der Waals surface area contributed by atoms with Gasteiger partial charge in [-0.05, 0) is 20.8 Å². The summed E-state index contributed by atoms with van der Waals surface area (Å²) in [7, 11) is 0. The zero-order chi connectivity index (χ0) is 12.4. The van der Waals surface area contributed by atoms with Crippen molar-refractivity contribution in [2.45, 2.75) is 20.8 Å². The summed E-state index contributed by atoms with van der Waals surface area (Å²) in [5.41, 5.74) is 1.56. The third-order valence-corrected chi connectivity index (χ3v) is 3.23. The normalized spacial score (nSPS) is 10.3. The number of carbonyl (C=O) groups is 1. The van der Waals surface area contributed by atoms with Crippen molar-refractivity contribution in [2.24, 2.45) is 0 Å². The van der Waals surface area contributed by atoms with Crippen molar-refractivity contribution in [2.75, 3.05) is 5.32 Å². The highest BCUT2D eigenvalue weighted by Gasteiger charge is 2.14. The molecule has 0 aromatic carbocycles. The maximum Gasteiger partial charge on any atom is 0.268 e. The first kappa shape index (κ1) is 11.7. The molecule has 1 amide bonds. The van der Waals surface area contributed by atoms with E-state index in [1.54, 1.807) is 6.07 Å². The summed E-state index contributed by atoms with van der Waals surface area (Å²) in [6.45, 7) is 5.55. The molecule has 17 heavy (non-hydrogen) atoms. The van der Waals surface area contributed by atoms with Crippen LogP contribution >= 0.6 is 11.3 Å². The van der Waals surface area contributed by atoms with Gasteiger partial charge in [-0.25, -0.2) is 15.0 Å². The molecule has 0 aliphatic carbocycles. The van der Waals surface area contributed by atoms with Crippen molar-refractivity contribution in [1.82, 2.24) is 15.0 Å². The van der Waals surface area contributed by atoms with Crippen LogP contribution in [0.1, 0.15) is 26.1 Å². The number of anilines is 1. The zero-order valence-electron chi connectivity index (χ0n) is 9.81. The number of carbonyl (C=O) groups excluding carboxylic acids is 1. The molecular weight excluding hydrogens is 236 g/mol. The van der Waals surface area contributed by atoms with Crippen molar-refractivity contribution < 1.29 is 4.79 Å². The molecule has 2 heterocycles. The molecular formula is C11H12N4OS. The summed E-state index contributed by atoms with van der Waals surface area (Å²) in [6, 6.07) is 1.72. The molecule has 2 aromatic rings. The van der Waals surface area contributed by atoms with Crippen LogP contribution < -0.4 is 5.32 Å². The molecule has 2 rings (SSSR count). The lowest BCUT2D eigenvalue weighted by Crippen LogP contribution is -2.12. The molecule has 0 atom stereocenters. The van der Waals surface area contributed by atoms with Gasteiger partial charge in [0.2, 0.25) is 0 Å². The number of hydrogen-bond donors (Lipinski definition) is 1. The van der Waals surface area contributed by atoms with E-state index in [0.717, 1.165) is 16.4 Å². The van der Waals surface area contributed by atoms with Gasteiger partial charge >= 0.3 is 0 Å². The van der Waals surface area contributed by atoms with Gasteiger partial charge in [0.1, 0.15) is 17.0 Å². The van der Waals surface area contributed by atoms with Crippen molar-refractivity contribution in [1.29, 1.82) is 0 Å². The van der Waals surface area contributed by atoms with Gasteiger partial charge in [-0.1, -0.05) is 0 Å². The van der Waals surface area contributed by atoms with E-state index in [9.17, 15) is 4.79 Å². The summed E-state index contributed by atoms with van der Waals surface area (Å²) in [5, 5.41) is 3.61. The molecule has 0 saturated carbocycles. The molecule has 0 bridgehead atoms. The molecule has 0 aliphatic heterocycles. The van der Waals surface area contributed by atoms with Crippen LogP contribution in [0.2, 0.25) is 0 Å². The molecule has 0 radical (unpaired) electrons. The van der Waals surface area contributed by atoms with E-state index >= 15 is 0 Å². The van der Waals surface area contributed by atoms with Crippen LogP contribution in [-0.2, 0) is 0 Å². The summed E-state index contributed by atoms with van der Waals surface area (Å²) >= 11 is 1.38. The Balaban J connectivity index is 2.20. The Labute approximate surface area is 103 Å². The highest BCUT2D eigenvalue weighted by Crippen LogP contribution is 2.18. The number of aryl methyl sites for hydroxylation is 3. The molecule has 88 valence electrons. The first-order valence-electron chi connectivity index (χ1n) is 5.10. The Kier molecular flexibility index (Phi) is 3.14. The first-order chi connectivity index (χ1) is 8.06. The fourth-order valence-electron chi connectivity index (χ4n) is 1.44. The van der Waals surface area contributed by atoms with Gasteiger partial charge in [0.15, 0.2) is 0 Å². The van der Waals surface area contributed by atoms with Crippen molar-refractivity contribution in [3.63, 3.8) is 0 Å². The van der Waals surface area contributed by atoms with Crippen LogP contribution in [0.15, 0.2) is 12.4 Å². The predicted octanol–water partition coefficient (Wildman–Crippen LogP) is 2.11. The Bertz CT molecular complexity index is 564.